The summed E-state index contributed by atoms with van der Waals surface area (Å²) in [7, 11) is 0. The van der Waals surface area contributed by atoms with E-state index in [1.165, 1.54) is 11.1 Å². The maximum atomic E-state index is 4.35. The number of benzene rings is 4. The Morgan fingerprint density at radius 1 is 0.349 bits per heavy atom. The van der Waals surface area contributed by atoms with E-state index >= 15 is 0 Å². The van der Waals surface area contributed by atoms with Crippen LogP contribution in [0.4, 0.5) is 0 Å². The van der Waals surface area contributed by atoms with Crippen LogP contribution in [0.15, 0.2) is 170 Å². The maximum absolute atomic E-state index is 4.35. The predicted octanol–water partition coefficient (Wildman–Crippen LogP) is 9.31. The average molecular weight is 731 g/mol. The quantitative estimate of drug-likeness (QED) is 0.170. The summed E-state index contributed by atoms with van der Waals surface area (Å²) in [4.78, 5) is 12.8. The minimum atomic E-state index is 0. The third-order valence-electron chi connectivity index (χ3n) is 6.15. The molecule has 4 aromatic carbocycles. The smallest absolute Gasteiger partial charge is 0.305 e. The van der Waals surface area contributed by atoms with Gasteiger partial charge in [-0.2, -0.15) is 0 Å². The van der Waals surface area contributed by atoms with Gasteiger partial charge in [-0.3, -0.25) is 0 Å². The molecule has 4 heteroatoms. The molecule has 3 aromatic heterocycles. The Labute approximate surface area is 267 Å². The third-order valence-corrected chi connectivity index (χ3v) is 6.15. The molecule has 7 rings (SSSR count). The van der Waals surface area contributed by atoms with Gasteiger partial charge in [0.15, 0.2) is 0 Å². The molecular weight excluding hydrogens is 703 g/mol. The summed E-state index contributed by atoms with van der Waals surface area (Å²) in [6.45, 7) is 0. The van der Waals surface area contributed by atoms with Crippen LogP contribution >= 0.6 is 0 Å². The minimum Gasteiger partial charge on any atom is -0.305 e. The maximum Gasteiger partial charge on any atom is 3.00 e. The van der Waals surface area contributed by atoms with Crippen molar-refractivity contribution in [3.05, 3.63) is 188 Å². The van der Waals surface area contributed by atoms with E-state index in [1.54, 1.807) is 18.6 Å². The molecule has 0 bridgehead atoms. The molecule has 43 heavy (non-hydrogen) atoms. The topological polar surface area (TPSA) is 38.7 Å². The van der Waals surface area contributed by atoms with Crippen LogP contribution in [0, 0.1) is 18.2 Å². The summed E-state index contributed by atoms with van der Waals surface area (Å²) in [5.74, 6) is 0. The molecule has 0 saturated heterocycles. The first-order chi connectivity index (χ1) is 20.9. The number of pyridine rings is 3. The zero-order chi connectivity index (χ0) is 28.7. The molecule has 0 amide bonds. The zero-order valence-corrected chi connectivity index (χ0v) is 25.7. The average Bonchev–Trinajstić information content (AvgIpc) is 3.11. The molecule has 7 aromatic rings. The summed E-state index contributed by atoms with van der Waals surface area (Å²) in [5, 5.41) is 0. The molecule has 208 valence electrons. The molecule has 0 aliphatic heterocycles. The molecule has 0 N–H and O–H groups in total. The molecule has 0 spiro atoms. The molecule has 0 atom stereocenters. The van der Waals surface area contributed by atoms with E-state index in [4.69, 9.17) is 0 Å². The summed E-state index contributed by atoms with van der Waals surface area (Å²) >= 11 is 0. The van der Waals surface area contributed by atoms with E-state index in [0.29, 0.717) is 0 Å². The van der Waals surface area contributed by atoms with Gasteiger partial charge in [-0.25, -0.2) is 0 Å². The standard InChI is InChI=1S/C17H12N.2C11H8N.Ir/c1-2-7-14(8-3-1)15-9-6-10-16(13-15)17-11-4-5-12-18-17;2*1-2-6-10(7-3-1)11-8-4-5-9-12-11;/h1-9,11-13H;2*1-6,8-9H;/q3*-1;+3. The largest absolute Gasteiger partial charge is 3.00 e. The van der Waals surface area contributed by atoms with E-state index in [9.17, 15) is 0 Å². The van der Waals surface area contributed by atoms with E-state index in [-0.39, 0.29) is 20.1 Å². The number of aromatic nitrogens is 3. The predicted molar refractivity (Wildman–Crippen MR) is 171 cm³/mol. The van der Waals surface area contributed by atoms with Gasteiger partial charge in [0.25, 0.3) is 0 Å². The van der Waals surface area contributed by atoms with Crippen LogP contribution in [0.5, 0.6) is 0 Å². The number of hydrogen-bond donors (Lipinski definition) is 0. The van der Waals surface area contributed by atoms with E-state index in [1.807, 2.05) is 127 Å². The van der Waals surface area contributed by atoms with Crippen molar-refractivity contribution in [1.29, 1.82) is 0 Å². The van der Waals surface area contributed by atoms with E-state index in [2.05, 4.69) is 57.4 Å². The number of nitrogens with zero attached hydrogens (tertiary/aromatic N) is 3. The molecule has 0 saturated carbocycles. The summed E-state index contributed by atoms with van der Waals surface area (Å²) in [5.41, 5.74) is 8.40. The van der Waals surface area contributed by atoms with Gasteiger partial charge < -0.3 is 15.0 Å². The minimum absolute atomic E-state index is 0. The molecular formula is C39H28IrN3. The fourth-order valence-corrected chi connectivity index (χ4v) is 4.10. The van der Waals surface area contributed by atoms with Crippen LogP contribution in [0.2, 0.25) is 0 Å². The molecule has 0 radical (unpaired) electrons. The molecule has 3 nitrogen and oxygen atoms in total. The molecule has 0 unspecified atom stereocenters. The Bertz CT molecular complexity index is 1530. The number of hydrogen-bond acceptors (Lipinski definition) is 3. The third kappa shape index (κ3) is 9.51. The molecule has 0 aliphatic carbocycles. The summed E-state index contributed by atoms with van der Waals surface area (Å²) in [6.07, 6.45) is 5.38. The van der Waals surface area contributed by atoms with Gasteiger partial charge in [-0.1, -0.05) is 66.7 Å². The Hall–Kier alpha value is -5.02. The van der Waals surface area contributed by atoms with Crippen LogP contribution in [0.1, 0.15) is 0 Å². The fourth-order valence-electron chi connectivity index (χ4n) is 4.10. The zero-order valence-electron chi connectivity index (χ0n) is 23.3. The van der Waals surface area contributed by atoms with Crippen LogP contribution in [0.25, 0.3) is 44.9 Å². The van der Waals surface area contributed by atoms with Gasteiger partial charge in [0.1, 0.15) is 0 Å². The Balaban J connectivity index is 0.000000151. The Morgan fingerprint density at radius 3 is 1.23 bits per heavy atom. The second-order valence-electron chi connectivity index (χ2n) is 9.05. The van der Waals surface area contributed by atoms with Crippen LogP contribution in [0.3, 0.4) is 0 Å². The van der Waals surface area contributed by atoms with Crippen LogP contribution in [-0.4, -0.2) is 15.0 Å². The first-order valence-corrected chi connectivity index (χ1v) is 13.6. The van der Waals surface area contributed by atoms with Crippen molar-refractivity contribution in [3.63, 3.8) is 0 Å². The first-order valence-electron chi connectivity index (χ1n) is 13.6. The van der Waals surface area contributed by atoms with Crippen molar-refractivity contribution in [2.24, 2.45) is 0 Å². The SMILES string of the molecule is [Ir+3].[c-]1ccc(-c2ccccc2)cc1-c1ccccn1.[c-]1ccccc1-c1ccccn1.[c-]1ccccc1-c1ccccn1. The normalized spacial score (nSPS) is 9.67. The van der Waals surface area contributed by atoms with Crippen LogP contribution in [-0.2, 0) is 20.1 Å². The second-order valence-corrected chi connectivity index (χ2v) is 9.05. The van der Waals surface area contributed by atoms with Gasteiger partial charge >= 0.3 is 20.1 Å². The Morgan fingerprint density at radius 2 is 0.791 bits per heavy atom. The van der Waals surface area contributed by atoms with Crippen molar-refractivity contribution >= 4 is 0 Å². The van der Waals surface area contributed by atoms with Crippen molar-refractivity contribution in [2.45, 2.75) is 0 Å². The Kier molecular flexibility index (Phi) is 12.3. The van der Waals surface area contributed by atoms with Gasteiger partial charge in [0.2, 0.25) is 0 Å². The second kappa shape index (κ2) is 17.1. The van der Waals surface area contributed by atoms with E-state index < -0.39 is 0 Å². The van der Waals surface area contributed by atoms with Crippen molar-refractivity contribution in [2.75, 3.05) is 0 Å². The van der Waals surface area contributed by atoms with Crippen molar-refractivity contribution in [1.82, 2.24) is 15.0 Å². The monoisotopic (exact) mass is 731 g/mol. The first kappa shape index (κ1) is 30.9. The number of rotatable bonds is 4. The molecule has 0 aliphatic rings. The van der Waals surface area contributed by atoms with Gasteiger partial charge in [0.05, 0.1) is 0 Å². The van der Waals surface area contributed by atoms with Gasteiger partial charge in [0, 0.05) is 18.6 Å². The fraction of sp³-hybridized carbons (Fsp3) is 0. The van der Waals surface area contributed by atoms with Gasteiger partial charge in [-0.15, -0.1) is 107 Å². The van der Waals surface area contributed by atoms with Crippen molar-refractivity contribution in [3.8, 4) is 44.9 Å². The van der Waals surface area contributed by atoms with Gasteiger partial charge in [-0.05, 0) is 40.8 Å². The van der Waals surface area contributed by atoms with Crippen molar-refractivity contribution < 1.29 is 20.1 Å². The van der Waals surface area contributed by atoms with E-state index in [0.717, 1.165) is 33.8 Å². The molecule has 3 heterocycles. The summed E-state index contributed by atoms with van der Waals surface area (Å²) < 4.78 is 0. The molecule has 0 fully saturated rings. The van der Waals surface area contributed by atoms with Crippen LogP contribution < -0.4 is 0 Å². The summed E-state index contributed by atoms with van der Waals surface area (Å²) in [6, 6.07) is 59.3.